The molecule has 0 bridgehead atoms. The molecule has 1 aliphatic rings. The van der Waals surface area contributed by atoms with Crippen LogP contribution in [0.5, 0.6) is 0 Å². The first kappa shape index (κ1) is 18.9. The molecule has 1 aliphatic heterocycles. The molecule has 142 valence electrons. The Morgan fingerprint density at radius 2 is 2.23 bits per heavy atom. The molecule has 0 N–H and O–H groups in total. The lowest BCUT2D eigenvalue weighted by atomic mass is 10.1. The summed E-state index contributed by atoms with van der Waals surface area (Å²) in [5.74, 6) is 0.0691. The molecule has 0 spiro atoms. The van der Waals surface area contributed by atoms with Gasteiger partial charge in [-0.2, -0.15) is 0 Å². The van der Waals surface area contributed by atoms with Gasteiger partial charge in [-0.1, -0.05) is 30.3 Å². The van der Waals surface area contributed by atoms with E-state index < -0.39 is 9.84 Å². The van der Waals surface area contributed by atoms with E-state index in [0.717, 1.165) is 4.85 Å². The number of carbonyl (C=O) groups is 1. The van der Waals surface area contributed by atoms with E-state index in [1.807, 2.05) is 13.8 Å². The largest absolute Gasteiger partial charge is 0.385 e. The second-order valence-electron chi connectivity index (χ2n) is 6.87. The summed E-state index contributed by atoms with van der Waals surface area (Å²) in [6.45, 7) is 4.19. The normalized spacial score (nSPS) is 19.2. The average Bonchev–Trinajstić information content (AvgIpc) is 3.12. The van der Waals surface area contributed by atoms with Crippen LogP contribution in [-0.2, 0) is 14.6 Å². The molecule has 2 aromatic rings. The Hall–Kier alpha value is -1.87. The fraction of sp³-hybridized carbons (Fsp3) is 0.562. The SMILES string of the molecule is CC(C)CN(C(=O)COn1nnc2ccc(Cl)cc21)[C@@H]1CCS(=O)(=O)C1. The van der Waals surface area contributed by atoms with Gasteiger partial charge in [-0.15, -0.1) is 5.10 Å². The maximum atomic E-state index is 12.7. The summed E-state index contributed by atoms with van der Waals surface area (Å²) < 4.78 is 23.5. The number of halogens is 1. The van der Waals surface area contributed by atoms with Gasteiger partial charge in [0.15, 0.2) is 16.4 Å². The van der Waals surface area contributed by atoms with Crippen LogP contribution >= 0.6 is 11.6 Å². The summed E-state index contributed by atoms with van der Waals surface area (Å²) in [7, 11) is -3.08. The van der Waals surface area contributed by atoms with E-state index in [2.05, 4.69) is 10.3 Å². The Labute approximate surface area is 156 Å². The van der Waals surface area contributed by atoms with Crippen molar-refractivity contribution in [1.29, 1.82) is 0 Å². The lowest BCUT2D eigenvalue weighted by Gasteiger charge is -2.29. The van der Waals surface area contributed by atoms with Gasteiger partial charge < -0.3 is 9.74 Å². The molecule has 1 aromatic heterocycles. The highest BCUT2D eigenvalue weighted by molar-refractivity contribution is 7.91. The molecule has 26 heavy (non-hydrogen) atoms. The summed E-state index contributed by atoms with van der Waals surface area (Å²) in [5.41, 5.74) is 1.16. The molecule has 2 heterocycles. The van der Waals surface area contributed by atoms with E-state index in [4.69, 9.17) is 16.4 Å². The summed E-state index contributed by atoms with van der Waals surface area (Å²) in [6, 6.07) is 4.75. The zero-order valence-corrected chi connectivity index (χ0v) is 16.2. The number of benzene rings is 1. The van der Waals surface area contributed by atoms with Crippen LogP contribution in [0, 0.1) is 5.92 Å². The van der Waals surface area contributed by atoms with Crippen LogP contribution in [0.1, 0.15) is 20.3 Å². The predicted molar refractivity (Wildman–Crippen MR) is 97.6 cm³/mol. The zero-order valence-electron chi connectivity index (χ0n) is 14.6. The lowest BCUT2D eigenvalue weighted by Crippen LogP contribution is -2.46. The lowest BCUT2D eigenvalue weighted by molar-refractivity contribution is -0.139. The number of rotatable bonds is 6. The molecule has 0 radical (unpaired) electrons. The van der Waals surface area contributed by atoms with Crippen LogP contribution in [0.15, 0.2) is 18.2 Å². The van der Waals surface area contributed by atoms with Crippen LogP contribution < -0.4 is 4.84 Å². The van der Waals surface area contributed by atoms with Crippen molar-refractivity contribution in [2.75, 3.05) is 24.7 Å². The van der Waals surface area contributed by atoms with Crippen molar-refractivity contribution in [2.45, 2.75) is 26.3 Å². The van der Waals surface area contributed by atoms with Crippen LogP contribution in [0.3, 0.4) is 0 Å². The Bertz CT molecular complexity index is 912. The molecule has 0 aliphatic carbocycles. The maximum absolute atomic E-state index is 12.7. The van der Waals surface area contributed by atoms with Crippen molar-refractivity contribution < 1.29 is 18.0 Å². The highest BCUT2D eigenvalue weighted by Crippen LogP contribution is 2.20. The standard InChI is InChI=1S/C16H21ClN4O4S/c1-11(2)8-20(13-5-6-26(23,24)10-13)16(22)9-25-21-15-7-12(17)3-4-14(15)18-19-21/h3-4,7,11,13H,5-6,8-10H2,1-2H3/t13-/m1/s1. The number of fused-ring (bicyclic) bond motifs is 1. The quantitative estimate of drug-likeness (QED) is 0.722. The Morgan fingerprint density at radius 3 is 2.88 bits per heavy atom. The fourth-order valence-electron chi connectivity index (χ4n) is 3.04. The summed E-state index contributed by atoms with van der Waals surface area (Å²) in [4.78, 5) is 21.0. The monoisotopic (exact) mass is 400 g/mol. The van der Waals surface area contributed by atoms with E-state index >= 15 is 0 Å². The highest BCUT2D eigenvalue weighted by Gasteiger charge is 2.35. The summed E-state index contributed by atoms with van der Waals surface area (Å²) in [5, 5.41) is 8.33. The maximum Gasteiger partial charge on any atom is 0.263 e. The smallest absolute Gasteiger partial charge is 0.263 e. The molecule has 1 atom stereocenters. The molecular formula is C16H21ClN4O4S. The van der Waals surface area contributed by atoms with Gasteiger partial charge in [0, 0.05) is 17.6 Å². The average molecular weight is 401 g/mol. The number of carbonyl (C=O) groups excluding carboxylic acids is 1. The van der Waals surface area contributed by atoms with Crippen LogP contribution in [0.25, 0.3) is 11.0 Å². The number of hydrogen-bond acceptors (Lipinski definition) is 6. The van der Waals surface area contributed by atoms with Gasteiger partial charge in [0.1, 0.15) is 11.0 Å². The number of sulfone groups is 1. The van der Waals surface area contributed by atoms with Crippen molar-refractivity contribution in [1.82, 2.24) is 20.1 Å². The van der Waals surface area contributed by atoms with E-state index in [1.54, 1.807) is 23.1 Å². The van der Waals surface area contributed by atoms with E-state index in [1.165, 1.54) is 0 Å². The number of hydrogen-bond donors (Lipinski definition) is 0. The van der Waals surface area contributed by atoms with Crippen molar-refractivity contribution in [3.05, 3.63) is 23.2 Å². The molecular weight excluding hydrogens is 380 g/mol. The first-order valence-corrected chi connectivity index (χ1v) is 10.6. The van der Waals surface area contributed by atoms with Gasteiger partial charge in [-0.25, -0.2) is 8.42 Å². The van der Waals surface area contributed by atoms with Gasteiger partial charge in [0.2, 0.25) is 0 Å². The highest BCUT2D eigenvalue weighted by atomic mass is 35.5. The van der Waals surface area contributed by atoms with Gasteiger partial charge in [0.05, 0.1) is 11.5 Å². The molecule has 10 heteroatoms. The van der Waals surface area contributed by atoms with Gasteiger partial charge in [0.25, 0.3) is 5.91 Å². The van der Waals surface area contributed by atoms with E-state index in [0.29, 0.717) is 29.0 Å². The third kappa shape index (κ3) is 4.27. The van der Waals surface area contributed by atoms with Crippen LogP contribution in [0.4, 0.5) is 0 Å². The molecule has 1 amide bonds. The van der Waals surface area contributed by atoms with Gasteiger partial charge >= 0.3 is 0 Å². The van der Waals surface area contributed by atoms with E-state index in [-0.39, 0.29) is 36.0 Å². The number of nitrogens with zero attached hydrogens (tertiary/aromatic N) is 4. The Morgan fingerprint density at radius 1 is 1.46 bits per heavy atom. The van der Waals surface area contributed by atoms with Crippen molar-refractivity contribution >= 4 is 38.4 Å². The third-order valence-electron chi connectivity index (χ3n) is 4.22. The molecule has 0 saturated carbocycles. The van der Waals surface area contributed by atoms with Crippen LogP contribution in [-0.4, -0.2) is 65.1 Å². The molecule has 1 saturated heterocycles. The van der Waals surface area contributed by atoms with Gasteiger partial charge in [-0.05, 0) is 35.8 Å². The molecule has 1 aromatic carbocycles. The Balaban J connectivity index is 1.72. The number of aromatic nitrogens is 3. The minimum Gasteiger partial charge on any atom is -0.385 e. The van der Waals surface area contributed by atoms with Crippen molar-refractivity contribution in [2.24, 2.45) is 5.92 Å². The molecule has 3 rings (SSSR count). The fourth-order valence-corrected chi connectivity index (χ4v) is 4.93. The first-order valence-electron chi connectivity index (χ1n) is 8.39. The first-order chi connectivity index (χ1) is 12.2. The van der Waals surface area contributed by atoms with Crippen molar-refractivity contribution in [3.63, 3.8) is 0 Å². The molecule has 1 fully saturated rings. The number of amides is 1. The van der Waals surface area contributed by atoms with Crippen LogP contribution in [0.2, 0.25) is 5.02 Å². The van der Waals surface area contributed by atoms with E-state index in [9.17, 15) is 13.2 Å². The predicted octanol–water partition coefficient (Wildman–Crippen LogP) is 1.18. The van der Waals surface area contributed by atoms with Gasteiger partial charge in [-0.3, -0.25) is 4.79 Å². The minimum absolute atomic E-state index is 0.00727. The summed E-state index contributed by atoms with van der Waals surface area (Å²) >= 11 is 5.97. The second-order valence-corrected chi connectivity index (χ2v) is 9.53. The molecule has 0 unspecified atom stereocenters. The minimum atomic E-state index is -3.08. The topological polar surface area (TPSA) is 94.4 Å². The summed E-state index contributed by atoms with van der Waals surface area (Å²) in [6.07, 6.45) is 0.461. The molecule has 8 nitrogen and oxygen atoms in total. The Kier molecular flexibility index (Phi) is 5.38. The third-order valence-corrected chi connectivity index (χ3v) is 6.20. The zero-order chi connectivity index (χ0) is 18.9. The second kappa shape index (κ2) is 7.40. The van der Waals surface area contributed by atoms with Crippen molar-refractivity contribution in [3.8, 4) is 0 Å².